The summed E-state index contributed by atoms with van der Waals surface area (Å²) in [6, 6.07) is 0. The summed E-state index contributed by atoms with van der Waals surface area (Å²) in [7, 11) is 0. The lowest BCUT2D eigenvalue weighted by molar-refractivity contribution is 0.371. The monoisotopic (exact) mass is 269 g/mol. The number of fused-ring (bicyclic) bond motifs is 1. The second kappa shape index (κ2) is 3.78. The van der Waals surface area contributed by atoms with E-state index in [2.05, 4.69) is 21.9 Å². The molecule has 0 radical (unpaired) electrons. The molecule has 3 rings (SSSR count). The molecular formula is C11H12ClN3OS. The summed E-state index contributed by atoms with van der Waals surface area (Å²) >= 11 is 7.63. The molecule has 0 bridgehead atoms. The first-order valence-electron chi connectivity index (χ1n) is 5.46. The summed E-state index contributed by atoms with van der Waals surface area (Å²) in [6.07, 6.45) is 2.68. The van der Waals surface area contributed by atoms with E-state index < -0.39 is 5.54 Å². The van der Waals surface area contributed by atoms with Crippen LogP contribution in [-0.2, 0) is 6.42 Å². The standard InChI is InChI=1S/C11H12ClN3OS/c1-6(16)11(3-4-11)15-9-8-7(2-5-17-8)13-10(12)14-9/h16H,1-5H2,(H,13,14,15). The van der Waals surface area contributed by atoms with Crippen molar-refractivity contribution in [3.05, 3.63) is 23.3 Å². The number of anilines is 1. The molecule has 0 atom stereocenters. The number of aryl methyl sites for hydroxylation is 1. The molecule has 1 fully saturated rings. The van der Waals surface area contributed by atoms with Crippen molar-refractivity contribution in [3.8, 4) is 0 Å². The molecule has 90 valence electrons. The van der Waals surface area contributed by atoms with Crippen LogP contribution >= 0.6 is 23.4 Å². The van der Waals surface area contributed by atoms with Gasteiger partial charge in [-0.05, 0) is 24.4 Å². The zero-order valence-corrected chi connectivity index (χ0v) is 10.7. The normalized spacial score (nSPS) is 19.8. The Morgan fingerprint density at radius 2 is 2.24 bits per heavy atom. The van der Waals surface area contributed by atoms with Gasteiger partial charge in [0.25, 0.3) is 0 Å². The SMILES string of the molecule is C=C(O)C1(Nc2nc(Cl)nc3c2SCC3)CC1. The fourth-order valence-electron chi connectivity index (χ4n) is 1.96. The number of aromatic nitrogens is 2. The van der Waals surface area contributed by atoms with Gasteiger partial charge in [0.2, 0.25) is 5.28 Å². The van der Waals surface area contributed by atoms with Crippen molar-refractivity contribution in [2.45, 2.75) is 29.7 Å². The Labute approximate surface area is 108 Å². The number of aliphatic hydroxyl groups excluding tert-OH is 1. The van der Waals surface area contributed by atoms with Crippen molar-refractivity contribution < 1.29 is 5.11 Å². The molecule has 17 heavy (non-hydrogen) atoms. The fraction of sp³-hybridized carbons (Fsp3) is 0.455. The lowest BCUT2D eigenvalue weighted by Gasteiger charge is -2.18. The van der Waals surface area contributed by atoms with E-state index in [0.29, 0.717) is 0 Å². The Morgan fingerprint density at radius 3 is 2.88 bits per heavy atom. The van der Waals surface area contributed by atoms with Crippen molar-refractivity contribution >= 4 is 29.2 Å². The molecule has 1 aromatic heterocycles. The quantitative estimate of drug-likeness (QED) is 0.653. The van der Waals surface area contributed by atoms with E-state index in [1.165, 1.54) is 0 Å². The van der Waals surface area contributed by atoms with Gasteiger partial charge in [0.1, 0.15) is 11.6 Å². The predicted octanol–water partition coefficient (Wildman–Crippen LogP) is 2.79. The van der Waals surface area contributed by atoms with E-state index in [-0.39, 0.29) is 11.0 Å². The van der Waals surface area contributed by atoms with Gasteiger partial charge in [-0.15, -0.1) is 11.8 Å². The second-order valence-corrected chi connectivity index (χ2v) is 5.81. The minimum absolute atomic E-state index is 0.170. The van der Waals surface area contributed by atoms with Gasteiger partial charge in [0.15, 0.2) is 0 Å². The molecule has 1 saturated carbocycles. The van der Waals surface area contributed by atoms with Crippen LogP contribution in [0.5, 0.6) is 0 Å². The minimum Gasteiger partial charge on any atom is -0.510 e. The highest BCUT2D eigenvalue weighted by Gasteiger charge is 2.47. The van der Waals surface area contributed by atoms with Crippen molar-refractivity contribution in [2.75, 3.05) is 11.1 Å². The van der Waals surface area contributed by atoms with E-state index in [9.17, 15) is 5.11 Å². The Bertz CT molecular complexity index is 502. The molecule has 1 aromatic rings. The van der Waals surface area contributed by atoms with Crippen molar-refractivity contribution in [1.29, 1.82) is 0 Å². The summed E-state index contributed by atoms with van der Waals surface area (Å²) in [6.45, 7) is 3.61. The van der Waals surface area contributed by atoms with Gasteiger partial charge in [-0.25, -0.2) is 4.98 Å². The van der Waals surface area contributed by atoms with Gasteiger partial charge < -0.3 is 10.4 Å². The summed E-state index contributed by atoms with van der Waals surface area (Å²) in [4.78, 5) is 9.50. The molecule has 0 amide bonds. The van der Waals surface area contributed by atoms with Gasteiger partial charge in [0, 0.05) is 12.2 Å². The zero-order valence-electron chi connectivity index (χ0n) is 9.16. The molecular weight excluding hydrogens is 258 g/mol. The topological polar surface area (TPSA) is 58.0 Å². The van der Waals surface area contributed by atoms with Crippen LogP contribution in [0, 0.1) is 0 Å². The molecule has 2 heterocycles. The maximum Gasteiger partial charge on any atom is 0.224 e. The number of halogens is 1. The summed E-state index contributed by atoms with van der Waals surface area (Å²) < 4.78 is 0. The molecule has 1 aliphatic carbocycles. The molecule has 0 unspecified atom stereocenters. The number of aliphatic hydroxyl groups is 1. The largest absolute Gasteiger partial charge is 0.510 e. The van der Waals surface area contributed by atoms with Crippen molar-refractivity contribution in [2.24, 2.45) is 0 Å². The first-order valence-corrected chi connectivity index (χ1v) is 6.83. The Balaban J connectivity index is 1.96. The fourth-order valence-corrected chi connectivity index (χ4v) is 3.19. The van der Waals surface area contributed by atoms with E-state index in [4.69, 9.17) is 11.6 Å². The van der Waals surface area contributed by atoms with E-state index in [1.807, 2.05) is 0 Å². The highest BCUT2D eigenvalue weighted by Crippen LogP contribution is 2.46. The van der Waals surface area contributed by atoms with Gasteiger partial charge in [-0.3, -0.25) is 0 Å². The summed E-state index contributed by atoms with van der Waals surface area (Å²) in [5.74, 6) is 1.91. The van der Waals surface area contributed by atoms with E-state index in [1.54, 1.807) is 11.8 Å². The summed E-state index contributed by atoms with van der Waals surface area (Å²) in [5.41, 5.74) is 0.603. The molecule has 6 heteroatoms. The number of hydrogen-bond acceptors (Lipinski definition) is 5. The predicted molar refractivity (Wildman–Crippen MR) is 68.8 cm³/mol. The first-order chi connectivity index (χ1) is 8.11. The van der Waals surface area contributed by atoms with Crippen LogP contribution in [0.4, 0.5) is 5.82 Å². The molecule has 2 N–H and O–H groups in total. The first kappa shape index (κ1) is 11.2. The van der Waals surface area contributed by atoms with Crippen LogP contribution in [0.1, 0.15) is 18.5 Å². The van der Waals surface area contributed by atoms with Crippen LogP contribution in [0.25, 0.3) is 0 Å². The molecule has 4 nitrogen and oxygen atoms in total. The molecule has 1 aliphatic heterocycles. The minimum atomic E-state index is -0.394. The third kappa shape index (κ3) is 1.87. The maximum absolute atomic E-state index is 9.58. The van der Waals surface area contributed by atoms with Crippen LogP contribution in [0.3, 0.4) is 0 Å². The van der Waals surface area contributed by atoms with Crippen LogP contribution in [0.2, 0.25) is 5.28 Å². The second-order valence-electron chi connectivity index (χ2n) is 4.37. The van der Waals surface area contributed by atoms with E-state index >= 15 is 0 Å². The molecule has 0 aromatic carbocycles. The van der Waals surface area contributed by atoms with Gasteiger partial charge in [0.05, 0.1) is 16.1 Å². The third-order valence-corrected chi connectivity index (χ3v) is 4.45. The van der Waals surface area contributed by atoms with Gasteiger partial charge in [-0.1, -0.05) is 6.58 Å². The lowest BCUT2D eigenvalue weighted by atomic mass is 10.2. The van der Waals surface area contributed by atoms with E-state index in [0.717, 1.165) is 41.4 Å². The van der Waals surface area contributed by atoms with Gasteiger partial charge >= 0.3 is 0 Å². The number of hydrogen-bond donors (Lipinski definition) is 2. The highest BCUT2D eigenvalue weighted by molar-refractivity contribution is 7.99. The average molecular weight is 270 g/mol. The number of thioether (sulfide) groups is 1. The highest BCUT2D eigenvalue weighted by atomic mass is 35.5. The van der Waals surface area contributed by atoms with Crippen molar-refractivity contribution in [1.82, 2.24) is 9.97 Å². The van der Waals surface area contributed by atoms with Crippen LogP contribution in [-0.4, -0.2) is 26.4 Å². The summed E-state index contributed by atoms with van der Waals surface area (Å²) in [5, 5.41) is 13.1. The average Bonchev–Trinajstić information content (AvgIpc) is 2.88. The Kier molecular flexibility index (Phi) is 2.48. The Morgan fingerprint density at radius 1 is 1.47 bits per heavy atom. The molecule has 0 spiro atoms. The lowest BCUT2D eigenvalue weighted by Crippen LogP contribution is -2.24. The maximum atomic E-state index is 9.58. The van der Waals surface area contributed by atoms with Crippen LogP contribution in [0.15, 0.2) is 17.2 Å². The zero-order chi connectivity index (χ0) is 12.0. The third-order valence-electron chi connectivity index (χ3n) is 3.15. The van der Waals surface area contributed by atoms with Crippen LogP contribution < -0.4 is 5.32 Å². The number of nitrogens with one attached hydrogen (secondary N) is 1. The van der Waals surface area contributed by atoms with Gasteiger partial charge in [-0.2, -0.15) is 4.98 Å². The molecule has 2 aliphatic rings. The molecule has 0 saturated heterocycles. The van der Waals surface area contributed by atoms with Crippen molar-refractivity contribution in [3.63, 3.8) is 0 Å². The smallest absolute Gasteiger partial charge is 0.224 e. The Hall–Kier alpha value is -0.940. The number of rotatable bonds is 3. The number of nitrogens with zero attached hydrogens (tertiary/aromatic N) is 2.